The van der Waals surface area contributed by atoms with Crippen molar-refractivity contribution in [1.82, 2.24) is 10.6 Å². The molecule has 1 amide bonds. The molecule has 0 aromatic heterocycles. The van der Waals surface area contributed by atoms with Gasteiger partial charge in [0.15, 0.2) is 0 Å². The molecule has 5 heteroatoms. The van der Waals surface area contributed by atoms with Gasteiger partial charge < -0.3 is 15.7 Å². The quantitative estimate of drug-likeness (QED) is 0.775. The largest absolute Gasteiger partial charge is 0.392 e. The molecule has 1 aliphatic rings. The molecule has 1 heterocycles. The molecule has 2 aromatic rings. The number of carbonyl (C=O) groups excluding carboxylic acids is 1. The average molecular weight is 335 g/mol. The van der Waals surface area contributed by atoms with E-state index in [9.17, 15) is 15.2 Å². The number of benzene rings is 2. The van der Waals surface area contributed by atoms with E-state index in [-0.39, 0.29) is 5.91 Å². The van der Waals surface area contributed by atoms with Crippen molar-refractivity contribution < 1.29 is 9.90 Å². The minimum atomic E-state index is -0.588. The van der Waals surface area contributed by atoms with Gasteiger partial charge in [-0.1, -0.05) is 54.6 Å². The molecule has 3 unspecified atom stereocenters. The van der Waals surface area contributed by atoms with Crippen LogP contribution in [0.15, 0.2) is 54.6 Å². The lowest BCUT2D eigenvalue weighted by molar-refractivity contribution is -0.123. The summed E-state index contributed by atoms with van der Waals surface area (Å²) >= 11 is 0. The molecule has 1 fully saturated rings. The highest BCUT2D eigenvalue weighted by molar-refractivity contribution is 5.82. The van der Waals surface area contributed by atoms with Gasteiger partial charge in [0.1, 0.15) is 6.04 Å². The Morgan fingerprint density at radius 2 is 1.88 bits per heavy atom. The lowest BCUT2D eigenvalue weighted by Gasteiger charge is -2.15. The van der Waals surface area contributed by atoms with Crippen LogP contribution in [0, 0.1) is 11.3 Å². The SMILES string of the molecule is N#CC(Cc1ccc(-c2ccccc2)cc1)NC(=O)C1CC(O)CN1. The van der Waals surface area contributed by atoms with Gasteiger partial charge >= 0.3 is 0 Å². The maximum absolute atomic E-state index is 12.2. The van der Waals surface area contributed by atoms with E-state index in [1.165, 1.54) is 0 Å². The van der Waals surface area contributed by atoms with E-state index in [1.54, 1.807) is 0 Å². The first-order valence-electron chi connectivity index (χ1n) is 8.41. The van der Waals surface area contributed by atoms with E-state index < -0.39 is 18.2 Å². The number of amides is 1. The molecule has 2 aromatic carbocycles. The van der Waals surface area contributed by atoms with Crippen molar-refractivity contribution in [1.29, 1.82) is 5.26 Å². The van der Waals surface area contributed by atoms with Crippen molar-refractivity contribution in [2.45, 2.75) is 31.0 Å². The van der Waals surface area contributed by atoms with E-state index in [2.05, 4.69) is 28.8 Å². The van der Waals surface area contributed by atoms with Crippen molar-refractivity contribution in [2.24, 2.45) is 0 Å². The van der Waals surface area contributed by atoms with Gasteiger partial charge in [-0.2, -0.15) is 5.26 Å². The van der Waals surface area contributed by atoms with Gasteiger partial charge in [0, 0.05) is 13.0 Å². The summed E-state index contributed by atoms with van der Waals surface area (Å²) in [5.74, 6) is -0.232. The highest BCUT2D eigenvalue weighted by atomic mass is 16.3. The van der Waals surface area contributed by atoms with Crippen molar-refractivity contribution in [2.75, 3.05) is 6.54 Å². The number of nitriles is 1. The summed E-state index contributed by atoms with van der Waals surface area (Å²) in [4.78, 5) is 12.2. The molecular formula is C20H21N3O2. The summed E-state index contributed by atoms with van der Waals surface area (Å²) in [6, 6.07) is 19.2. The predicted molar refractivity (Wildman–Crippen MR) is 95.5 cm³/mol. The van der Waals surface area contributed by atoms with Crippen molar-refractivity contribution in [3.05, 3.63) is 60.2 Å². The van der Waals surface area contributed by atoms with Crippen molar-refractivity contribution in [3.63, 3.8) is 0 Å². The number of β-amino-alcohol motifs (C(OH)–C–C–N with tert-alkyl or cyclic N) is 1. The number of carbonyl (C=O) groups is 1. The Kier molecular flexibility index (Phi) is 5.44. The summed E-state index contributed by atoms with van der Waals surface area (Å²) in [7, 11) is 0. The monoisotopic (exact) mass is 335 g/mol. The molecule has 0 radical (unpaired) electrons. The summed E-state index contributed by atoms with van der Waals surface area (Å²) < 4.78 is 0. The fraction of sp³-hybridized carbons (Fsp3) is 0.300. The number of rotatable bonds is 5. The fourth-order valence-corrected chi connectivity index (χ4v) is 3.02. The topological polar surface area (TPSA) is 85.2 Å². The van der Waals surface area contributed by atoms with Crippen LogP contribution in [0.4, 0.5) is 0 Å². The molecule has 3 atom stereocenters. The second-order valence-electron chi connectivity index (χ2n) is 6.31. The number of aliphatic hydroxyl groups is 1. The average Bonchev–Trinajstić information content (AvgIpc) is 3.09. The lowest BCUT2D eigenvalue weighted by atomic mass is 10.0. The van der Waals surface area contributed by atoms with Gasteiger partial charge in [-0.05, 0) is 23.1 Å². The molecule has 1 aliphatic heterocycles. The Balaban J connectivity index is 1.60. The number of nitrogens with one attached hydrogen (secondary N) is 2. The summed E-state index contributed by atoms with van der Waals surface area (Å²) in [6.45, 7) is 0.413. The van der Waals surface area contributed by atoms with Gasteiger partial charge in [-0.3, -0.25) is 4.79 Å². The molecule has 128 valence electrons. The van der Waals surface area contributed by atoms with Crippen molar-refractivity contribution in [3.8, 4) is 17.2 Å². The van der Waals surface area contributed by atoms with E-state index >= 15 is 0 Å². The summed E-state index contributed by atoms with van der Waals surface area (Å²) in [5, 5.41) is 24.5. The number of hydrogen-bond donors (Lipinski definition) is 3. The maximum atomic E-state index is 12.2. The van der Waals surface area contributed by atoms with Crippen LogP contribution >= 0.6 is 0 Å². The van der Waals surface area contributed by atoms with E-state index in [0.717, 1.165) is 16.7 Å². The highest BCUT2D eigenvalue weighted by Gasteiger charge is 2.29. The third-order valence-corrected chi connectivity index (χ3v) is 4.40. The molecule has 0 spiro atoms. The second kappa shape index (κ2) is 7.93. The Morgan fingerprint density at radius 1 is 1.20 bits per heavy atom. The zero-order valence-electron chi connectivity index (χ0n) is 13.9. The van der Waals surface area contributed by atoms with Crippen LogP contribution in [0.2, 0.25) is 0 Å². The minimum Gasteiger partial charge on any atom is -0.392 e. The Hall–Kier alpha value is -2.68. The van der Waals surface area contributed by atoms with E-state index in [0.29, 0.717) is 19.4 Å². The Bertz CT molecular complexity index is 753. The minimum absolute atomic E-state index is 0.232. The Morgan fingerprint density at radius 3 is 2.48 bits per heavy atom. The lowest BCUT2D eigenvalue weighted by Crippen LogP contribution is -2.45. The van der Waals surface area contributed by atoms with E-state index in [1.807, 2.05) is 42.5 Å². The van der Waals surface area contributed by atoms with Gasteiger partial charge in [0.05, 0.1) is 18.2 Å². The fourth-order valence-electron chi connectivity index (χ4n) is 3.02. The second-order valence-corrected chi connectivity index (χ2v) is 6.31. The first-order chi connectivity index (χ1) is 12.2. The summed E-state index contributed by atoms with van der Waals surface area (Å²) in [5.41, 5.74) is 3.25. The molecule has 0 saturated carbocycles. The maximum Gasteiger partial charge on any atom is 0.238 e. The van der Waals surface area contributed by atoms with E-state index in [4.69, 9.17) is 0 Å². The third kappa shape index (κ3) is 4.44. The molecule has 0 aliphatic carbocycles. The van der Waals surface area contributed by atoms with Crippen LogP contribution in [0.5, 0.6) is 0 Å². The molecular weight excluding hydrogens is 314 g/mol. The van der Waals surface area contributed by atoms with Crippen LogP contribution in [0.25, 0.3) is 11.1 Å². The highest BCUT2D eigenvalue weighted by Crippen LogP contribution is 2.19. The molecule has 25 heavy (non-hydrogen) atoms. The van der Waals surface area contributed by atoms with Crippen LogP contribution in [0.3, 0.4) is 0 Å². The first kappa shape index (κ1) is 17.2. The normalized spacial score (nSPS) is 20.6. The molecule has 3 rings (SSSR count). The van der Waals surface area contributed by atoms with Gasteiger partial charge in [-0.25, -0.2) is 0 Å². The predicted octanol–water partition coefficient (Wildman–Crippen LogP) is 1.63. The first-order valence-corrected chi connectivity index (χ1v) is 8.41. The molecule has 3 N–H and O–H groups in total. The molecule has 0 bridgehead atoms. The van der Waals surface area contributed by atoms with Gasteiger partial charge in [0.2, 0.25) is 5.91 Å². The van der Waals surface area contributed by atoms with Gasteiger partial charge in [-0.15, -0.1) is 0 Å². The summed E-state index contributed by atoms with van der Waals surface area (Å²) in [6.07, 6.45) is 0.337. The third-order valence-electron chi connectivity index (χ3n) is 4.40. The number of nitrogens with zero attached hydrogens (tertiary/aromatic N) is 1. The number of hydrogen-bond acceptors (Lipinski definition) is 4. The molecule has 1 saturated heterocycles. The van der Waals surface area contributed by atoms with Gasteiger partial charge in [0.25, 0.3) is 0 Å². The molecule has 5 nitrogen and oxygen atoms in total. The standard InChI is InChI=1S/C20H21N3O2/c21-12-17(23-20(25)19-11-18(24)13-22-19)10-14-6-8-16(9-7-14)15-4-2-1-3-5-15/h1-9,17-19,22,24H,10-11,13H2,(H,23,25). The van der Waals surface area contributed by atoms with Crippen LogP contribution in [0.1, 0.15) is 12.0 Å². The van der Waals surface area contributed by atoms with Crippen LogP contribution in [-0.2, 0) is 11.2 Å². The smallest absolute Gasteiger partial charge is 0.238 e. The van der Waals surface area contributed by atoms with Crippen LogP contribution < -0.4 is 10.6 Å². The zero-order valence-corrected chi connectivity index (χ0v) is 13.9. The van der Waals surface area contributed by atoms with Crippen molar-refractivity contribution >= 4 is 5.91 Å². The van der Waals surface area contributed by atoms with Crippen LogP contribution in [-0.4, -0.2) is 35.7 Å². The zero-order chi connectivity index (χ0) is 17.6. The Labute approximate surface area is 147 Å². The number of aliphatic hydroxyl groups excluding tert-OH is 1.